The third-order valence-electron chi connectivity index (χ3n) is 3.92. The van der Waals surface area contributed by atoms with Crippen LogP contribution in [0.1, 0.15) is 12.5 Å². The third kappa shape index (κ3) is 6.77. The van der Waals surface area contributed by atoms with Gasteiger partial charge in [0.1, 0.15) is 6.61 Å². The summed E-state index contributed by atoms with van der Waals surface area (Å²) in [6.07, 6.45) is -4.88. The van der Waals surface area contributed by atoms with Gasteiger partial charge in [-0.1, -0.05) is 12.1 Å². The molecule has 3 N–H and O–H groups in total. The van der Waals surface area contributed by atoms with Gasteiger partial charge in [0.15, 0.2) is 0 Å². The lowest BCUT2D eigenvalue weighted by Crippen LogP contribution is -2.42. The summed E-state index contributed by atoms with van der Waals surface area (Å²) >= 11 is 0. The normalized spacial score (nSPS) is 12.8. The van der Waals surface area contributed by atoms with E-state index < -0.39 is 38.6 Å². The minimum Gasteiger partial charge on any atom is -0.375 e. The van der Waals surface area contributed by atoms with E-state index >= 15 is 0 Å². The Morgan fingerprint density at radius 1 is 1.00 bits per heavy atom. The number of hydrogen-bond donors (Lipinski definition) is 3. The summed E-state index contributed by atoms with van der Waals surface area (Å²) < 4.78 is 70.8. The summed E-state index contributed by atoms with van der Waals surface area (Å²) in [6, 6.07) is 8.22. The number of sulfonamides is 1. The first-order valence-corrected chi connectivity index (χ1v) is 10.3. The second-order valence-corrected chi connectivity index (χ2v) is 8.07. The summed E-state index contributed by atoms with van der Waals surface area (Å²) in [6.45, 7) is 1.07. The molecule has 2 rings (SSSR count). The van der Waals surface area contributed by atoms with E-state index in [0.29, 0.717) is 11.8 Å². The molecule has 12 heteroatoms. The number of methoxy groups -OCH3 is 1. The van der Waals surface area contributed by atoms with Crippen molar-refractivity contribution in [1.29, 1.82) is 0 Å². The number of halogens is 3. The van der Waals surface area contributed by atoms with E-state index in [1.807, 2.05) is 4.72 Å². The monoisotopic (exact) mass is 459 g/mol. The first kappa shape index (κ1) is 24.3. The number of benzene rings is 2. The van der Waals surface area contributed by atoms with Crippen LogP contribution in [0.5, 0.6) is 0 Å². The van der Waals surface area contributed by atoms with E-state index in [4.69, 9.17) is 0 Å². The molecular formula is C19H20F3N3O5S. The van der Waals surface area contributed by atoms with Crippen molar-refractivity contribution in [3.63, 3.8) is 0 Å². The number of rotatable bonds is 8. The van der Waals surface area contributed by atoms with Gasteiger partial charge >= 0.3 is 6.18 Å². The number of nitrogens with one attached hydrogen (secondary N) is 3. The molecule has 168 valence electrons. The Labute approximate surface area is 176 Å². The van der Waals surface area contributed by atoms with E-state index in [1.165, 1.54) is 38.3 Å². The highest BCUT2D eigenvalue weighted by Gasteiger charge is 2.37. The van der Waals surface area contributed by atoms with Crippen molar-refractivity contribution in [1.82, 2.24) is 4.72 Å². The number of amides is 2. The van der Waals surface area contributed by atoms with Gasteiger partial charge in [-0.15, -0.1) is 0 Å². The van der Waals surface area contributed by atoms with Gasteiger partial charge in [-0.2, -0.15) is 17.9 Å². The SMILES string of the molecule is COCC(=O)Nc1ccc(NC(=O)[C@H](C)NS(=O)(=O)c2ccccc2C(F)(F)F)cc1. The second-order valence-electron chi connectivity index (χ2n) is 6.38. The number of carbonyl (C=O) groups is 2. The van der Waals surface area contributed by atoms with Gasteiger partial charge < -0.3 is 15.4 Å². The maximum Gasteiger partial charge on any atom is 0.417 e. The van der Waals surface area contributed by atoms with Crippen LogP contribution in [-0.2, 0) is 30.5 Å². The quantitative estimate of drug-likeness (QED) is 0.562. The predicted octanol–water partition coefficient (Wildman–Crippen LogP) is 2.60. The average Bonchev–Trinajstić information content (AvgIpc) is 2.68. The lowest BCUT2D eigenvalue weighted by atomic mass is 10.2. The summed E-state index contributed by atoms with van der Waals surface area (Å²) in [5, 5.41) is 4.99. The Morgan fingerprint density at radius 3 is 2.10 bits per heavy atom. The Kier molecular flexibility index (Phi) is 7.76. The van der Waals surface area contributed by atoms with Crippen molar-refractivity contribution in [3.8, 4) is 0 Å². The van der Waals surface area contributed by atoms with Gasteiger partial charge in [0.2, 0.25) is 21.8 Å². The summed E-state index contributed by atoms with van der Waals surface area (Å²) in [5.41, 5.74) is -0.602. The molecular weight excluding hydrogens is 439 g/mol. The first-order valence-electron chi connectivity index (χ1n) is 8.82. The van der Waals surface area contributed by atoms with Crippen LogP contribution in [0, 0.1) is 0 Å². The summed E-state index contributed by atoms with van der Waals surface area (Å²) in [5.74, 6) is -1.16. The molecule has 0 saturated heterocycles. The number of anilines is 2. The number of hydrogen-bond acceptors (Lipinski definition) is 5. The van der Waals surface area contributed by atoms with Crippen molar-refractivity contribution in [2.24, 2.45) is 0 Å². The molecule has 0 aliphatic rings. The number of ether oxygens (including phenoxy) is 1. The molecule has 31 heavy (non-hydrogen) atoms. The standard InChI is InChI=1S/C19H20F3N3O5S/c1-12(25-31(28,29)16-6-4-3-5-15(16)19(20,21)22)18(27)24-14-9-7-13(8-10-14)23-17(26)11-30-2/h3-10,12,25H,11H2,1-2H3,(H,23,26)(H,24,27)/t12-/m0/s1. The summed E-state index contributed by atoms with van der Waals surface area (Å²) in [4.78, 5) is 22.8. The van der Waals surface area contributed by atoms with Crippen molar-refractivity contribution >= 4 is 33.2 Å². The van der Waals surface area contributed by atoms with Crippen molar-refractivity contribution in [3.05, 3.63) is 54.1 Å². The predicted molar refractivity (Wildman–Crippen MR) is 107 cm³/mol. The zero-order valence-corrected chi connectivity index (χ0v) is 17.3. The molecule has 0 heterocycles. The minimum absolute atomic E-state index is 0.131. The molecule has 2 aromatic rings. The Bertz CT molecular complexity index is 1040. The highest BCUT2D eigenvalue weighted by molar-refractivity contribution is 7.89. The topological polar surface area (TPSA) is 114 Å². The Hall–Kier alpha value is -2.96. The zero-order chi connectivity index (χ0) is 23.2. The van der Waals surface area contributed by atoms with E-state index in [0.717, 1.165) is 18.2 Å². The molecule has 0 radical (unpaired) electrons. The molecule has 8 nitrogen and oxygen atoms in total. The van der Waals surface area contributed by atoms with Crippen LogP contribution in [0.15, 0.2) is 53.4 Å². The number of carbonyl (C=O) groups excluding carboxylic acids is 2. The van der Waals surface area contributed by atoms with Gasteiger partial charge in [0.25, 0.3) is 0 Å². The molecule has 0 aliphatic heterocycles. The van der Waals surface area contributed by atoms with Crippen LogP contribution < -0.4 is 15.4 Å². The fourth-order valence-corrected chi connectivity index (χ4v) is 3.93. The maximum absolute atomic E-state index is 13.1. The van der Waals surface area contributed by atoms with Gasteiger partial charge in [0, 0.05) is 18.5 Å². The Balaban J connectivity index is 2.07. The number of alkyl halides is 3. The highest BCUT2D eigenvalue weighted by Crippen LogP contribution is 2.33. The van der Waals surface area contributed by atoms with Crippen LogP contribution in [0.4, 0.5) is 24.5 Å². The van der Waals surface area contributed by atoms with Crippen molar-refractivity contribution in [2.75, 3.05) is 24.4 Å². The van der Waals surface area contributed by atoms with Crippen LogP contribution in [0.3, 0.4) is 0 Å². The van der Waals surface area contributed by atoms with Crippen LogP contribution in [0.25, 0.3) is 0 Å². The van der Waals surface area contributed by atoms with Gasteiger partial charge in [0.05, 0.1) is 16.5 Å². The van der Waals surface area contributed by atoms with Crippen LogP contribution >= 0.6 is 0 Å². The maximum atomic E-state index is 13.1. The van der Waals surface area contributed by atoms with Crippen LogP contribution in [-0.4, -0.2) is 40.0 Å². The molecule has 0 unspecified atom stereocenters. The highest BCUT2D eigenvalue weighted by atomic mass is 32.2. The van der Waals surface area contributed by atoms with Crippen LogP contribution in [0.2, 0.25) is 0 Å². The molecule has 0 aromatic heterocycles. The average molecular weight is 459 g/mol. The van der Waals surface area contributed by atoms with E-state index in [1.54, 1.807) is 0 Å². The van der Waals surface area contributed by atoms with Gasteiger partial charge in [-0.05, 0) is 43.3 Å². The van der Waals surface area contributed by atoms with Gasteiger partial charge in [-0.3, -0.25) is 9.59 Å². The molecule has 0 saturated carbocycles. The molecule has 2 amide bonds. The Morgan fingerprint density at radius 2 is 1.55 bits per heavy atom. The smallest absolute Gasteiger partial charge is 0.375 e. The summed E-state index contributed by atoms with van der Waals surface area (Å²) in [7, 11) is -3.26. The second kappa shape index (κ2) is 9.90. The largest absolute Gasteiger partial charge is 0.417 e. The lowest BCUT2D eigenvalue weighted by Gasteiger charge is -2.17. The van der Waals surface area contributed by atoms with Crippen molar-refractivity contribution < 1.29 is 35.9 Å². The van der Waals surface area contributed by atoms with Crippen molar-refractivity contribution in [2.45, 2.75) is 24.0 Å². The molecule has 0 bridgehead atoms. The van der Waals surface area contributed by atoms with E-state index in [2.05, 4.69) is 15.4 Å². The lowest BCUT2D eigenvalue weighted by molar-refractivity contribution is -0.139. The zero-order valence-electron chi connectivity index (χ0n) is 16.5. The van der Waals surface area contributed by atoms with E-state index in [9.17, 15) is 31.2 Å². The van der Waals surface area contributed by atoms with E-state index in [-0.39, 0.29) is 18.2 Å². The molecule has 1 atom stereocenters. The fraction of sp³-hybridized carbons (Fsp3) is 0.263. The first-order chi connectivity index (χ1) is 14.4. The molecule has 0 fully saturated rings. The molecule has 0 spiro atoms. The minimum atomic E-state index is -4.88. The van der Waals surface area contributed by atoms with Gasteiger partial charge in [-0.25, -0.2) is 8.42 Å². The fourth-order valence-electron chi connectivity index (χ4n) is 2.50. The third-order valence-corrected chi connectivity index (χ3v) is 5.52. The molecule has 0 aliphatic carbocycles. The molecule has 2 aromatic carbocycles.